The van der Waals surface area contributed by atoms with Gasteiger partial charge >= 0.3 is 5.97 Å². The van der Waals surface area contributed by atoms with Gasteiger partial charge in [0.15, 0.2) is 5.78 Å². The van der Waals surface area contributed by atoms with Crippen LogP contribution in [0.4, 0.5) is 0 Å². The number of esters is 1. The van der Waals surface area contributed by atoms with Gasteiger partial charge in [-0.15, -0.1) is 0 Å². The lowest BCUT2D eigenvalue weighted by atomic mass is 9.33. The Labute approximate surface area is 210 Å². The minimum absolute atomic E-state index is 0.0152. The van der Waals surface area contributed by atoms with Crippen molar-refractivity contribution in [2.45, 2.75) is 124 Å². The molecule has 0 aromatic carbocycles. The van der Waals surface area contributed by atoms with Gasteiger partial charge in [-0.2, -0.15) is 0 Å². The molecule has 4 saturated carbocycles. The first kappa shape index (κ1) is 24.2. The Bertz CT molecular complexity index is 1070. The largest absolute Gasteiger partial charge is 0.455 e. The molecule has 2 heterocycles. The maximum atomic E-state index is 14.3. The quantitative estimate of drug-likeness (QED) is 0.466. The molecule has 5 nitrogen and oxygen atoms in total. The third kappa shape index (κ3) is 2.40. The zero-order valence-electron chi connectivity index (χ0n) is 22.7. The molecule has 7 rings (SSSR count). The number of rotatable bonds is 0. The predicted octanol–water partition coefficient (Wildman–Crippen LogP) is 5.12. The number of allylic oxidation sites excluding steroid dienone is 1. The minimum Gasteiger partial charge on any atom is -0.455 e. The minimum atomic E-state index is -1.34. The molecule has 5 aliphatic carbocycles. The maximum absolute atomic E-state index is 14.3. The van der Waals surface area contributed by atoms with Gasteiger partial charge in [0.2, 0.25) is 0 Å². The molecule has 2 saturated heterocycles. The van der Waals surface area contributed by atoms with Crippen LogP contribution in [0.3, 0.4) is 0 Å². The Kier molecular flexibility index (Phi) is 4.44. The lowest BCUT2D eigenvalue weighted by molar-refractivity contribution is -0.241. The third-order valence-electron chi connectivity index (χ3n) is 13.5. The van der Waals surface area contributed by atoms with Gasteiger partial charge in [-0.05, 0) is 98.9 Å². The van der Waals surface area contributed by atoms with Crippen LogP contribution in [-0.2, 0) is 14.3 Å². The first-order valence-corrected chi connectivity index (χ1v) is 13.9. The topological polar surface area (TPSA) is 83.8 Å². The Balaban J connectivity index is 1.55. The van der Waals surface area contributed by atoms with Crippen molar-refractivity contribution in [3.8, 4) is 0 Å². The predicted molar refractivity (Wildman–Crippen MR) is 132 cm³/mol. The number of fused-ring (bicyclic) bond motifs is 7. The summed E-state index contributed by atoms with van der Waals surface area (Å²) in [5.74, 6) is 0.505. The Hall–Kier alpha value is -1.20. The third-order valence-corrected chi connectivity index (χ3v) is 13.5. The Morgan fingerprint density at radius 2 is 1.49 bits per heavy atom. The Morgan fingerprint density at radius 1 is 0.829 bits per heavy atom. The molecule has 5 heteroatoms. The fourth-order valence-corrected chi connectivity index (χ4v) is 10.9. The number of Topliss-reactive ketones (excluding diaryl/α,β-unsaturated/α-hetero) is 1. The summed E-state index contributed by atoms with van der Waals surface area (Å²) in [7, 11) is 0. The second-order valence-corrected chi connectivity index (χ2v) is 14.9. The first-order valence-electron chi connectivity index (χ1n) is 13.9. The highest BCUT2D eigenvalue weighted by Gasteiger charge is 2.75. The molecule has 0 aromatic rings. The van der Waals surface area contributed by atoms with Crippen LogP contribution in [0.15, 0.2) is 11.1 Å². The van der Waals surface area contributed by atoms with Crippen LogP contribution in [-0.4, -0.2) is 39.3 Å². The average molecular weight is 485 g/mol. The molecular formula is C30H44O5. The second-order valence-electron chi connectivity index (χ2n) is 14.9. The zero-order valence-corrected chi connectivity index (χ0v) is 22.7. The fraction of sp³-hybridized carbons (Fsp3) is 0.867. The number of aliphatic hydroxyl groups excluding tert-OH is 1. The van der Waals surface area contributed by atoms with Gasteiger partial charge < -0.3 is 14.9 Å². The number of ether oxygens (including phenoxy) is 1. The molecule has 3 unspecified atom stereocenters. The molecule has 2 aliphatic heterocycles. The summed E-state index contributed by atoms with van der Waals surface area (Å²) in [4.78, 5) is 27.7. The molecule has 0 aromatic heterocycles. The standard InChI is InChI=1S/C30H44O5/c1-24(2)18-8-11-26(4)19(25(18,3)10-9-20(24)32)16-17(31)21-22-29(7,34)28(6)13-15-30(22,23(33)35-28)14-12-27(21,26)5/h18-20,32,34H,8-16H2,1-7H3/t18?,19?,20-,25-,26+,27+,28-,29-,30?/m0/s1. The van der Waals surface area contributed by atoms with Crippen LogP contribution in [0, 0.1) is 38.9 Å². The van der Waals surface area contributed by atoms with Gasteiger partial charge in [0.1, 0.15) is 11.2 Å². The number of carbonyl (C=O) groups excluding carboxylic acids is 2. The van der Waals surface area contributed by atoms with Crippen molar-refractivity contribution in [2.75, 3.05) is 0 Å². The molecule has 2 N–H and O–H groups in total. The molecule has 0 amide bonds. The summed E-state index contributed by atoms with van der Waals surface area (Å²) in [6.45, 7) is 15.1. The van der Waals surface area contributed by atoms with Gasteiger partial charge in [-0.1, -0.05) is 34.6 Å². The van der Waals surface area contributed by atoms with E-state index in [1.54, 1.807) is 6.92 Å². The van der Waals surface area contributed by atoms with Gasteiger partial charge in [0.25, 0.3) is 0 Å². The summed E-state index contributed by atoms with van der Waals surface area (Å²) < 4.78 is 5.89. The zero-order chi connectivity index (χ0) is 25.6. The normalized spacial score (nSPS) is 56.5. The van der Waals surface area contributed by atoms with Crippen molar-refractivity contribution >= 4 is 11.8 Å². The van der Waals surface area contributed by atoms with Crippen molar-refractivity contribution in [1.82, 2.24) is 0 Å². The van der Waals surface area contributed by atoms with Crippen LogP contribution in [0.1, 0.15) is 106 Å². The SMILES string of the molecule is CC1(C)C2CC[C@]3(C)C(CC(=O)C4=C5C6(CC[C@](C)(OC6=O)[C@@]5(C)O)CC[C@]43C)[C@@]2(C)CC[C@@H]1O. The highest BCUT2D eigenvalue weighted by Crippen LogP contribution is 2.76. The summed E-state index contributed by atoms with van der Waals surface area (Å²) in [5, 5.41) is 22.9. The van der Waals surface area contributed by atoms with Gasteiger partial charge in [0.05, 0.1) is 11.5 Å². The van der Waals surface area contributed by atoms with E-state index in [0.717, 1.165) is 37.7 Å². The highest BCUT2D eigenvalue weighted by atomic mass is 16.6. The van der Waals surface area contributed by atoms with Crippen LogP contribution < -0.4 is 0 Å². The maximum Gasteiger partial charge on any atom is 0.317 e. The van der Waals surface area contributed by atoms with E-state index in [1.807, 2.05) is 6.92 Å². The Morgan fingerprint density at radius 3 is 2.14 bits per heavy atom. The lowest BCUT2D eigenvalue weighted by Crippen LogP contribution is -2.72. The van der Waals surface area contributed by atoms with Crippen molar-refractivity contribution in [2.24, 2.45) is 38.9 Å². The smallest absolute Gasteiger partial charge is 0.317 e. The molecule has 194 valence electrons. The summed E-state index contributed by atoms with van der Waals surface area (Å²) in [6.07, 6.45) is 6.67. The molecule has 2 bridgehead atoms. The van der Waals surface area contributed by atoms with Crippen molar-refractivity contribution in [3.05, 3.63) is 11.1 Å². The molecule has 7 aliphatic rings. The average Bonchev–Trinajstić information content (AvgIpc) is 2.75. The van der Waals surface area contributed by atoms with Crippen molar-refractivity contribution < 1.29 is 24.5 Å². The first-order chi connectivity index (χ1) is 16.0. The van der Waals surface area contributed by atoms with E-state index >= 15 is 0 Å². The van der Waals surface area contributed by atoms with Gasteiger partial charge in [-0.25, -0.2) is 0 Å². The van der Waals surface area contributed by atoms with Crippen LogP contribution in [0.25, 0.3) is 0 Å². The van der Waals surface area contributed by atoms with E-state index in [4.69, 9.17) is 4.74 Å². The van der Waals surface area contributed by atoms with Crippen LogP contribution >= 0.6 is 0 Å². The molecule has 9 atom stereocenters. The molecule has 1 spiro atoms. The van der Waals surface area contributed by atoms with Crippen LogP contribution in [0.2, 0.25) is 0 Å². The second kappa shape index (κ2) is 6.43. The lowest BCUT2D eigenvalue weighted by Gasteiger charge is -2.71. The van der Waals surface area contributed by atoms with Crippen LogP contribution in [0.5, 0.6) is 0 Å². The molecule has 35 heavy (non-hydrogen) atoms. The number of hydrogen-bond donors (Lipinski definition) is 2. The number of ketones is 1. The number of hydrogen-bond acceptors (Lipinski definition) is 5. The molecule has 6 fully saturated rings. The fourth-order valence-electron chi connectivity index (χ4n) is 10.9. The molecular weight excluding hydrogens is 440 g/mol. The number of aliphatic hydroxyl groups is 2. The number of carbonyl (C=O) groups is 2. The highest BCUT2D eigenvalue weighted by molar-refractivity contribution is 6.02. The summed E-state index contributed by atoms with van der Waals surface area (Å²) in [6, 6.07) is 0. The monoisotopic (exact) mass is 484 g/mol. The van der Waals surface area contributed by atoms with E-state index in [-0.39, 0.29) is 45.4 Å². The molecule has 0 radical (unpaired) electrons. The van der Waals surface area contributed by atoms with E-state index < -0.39 is 16.6 Å². The van der Waals surface area contributed by atoms with Crippen molar-refractivity contribution in [3.63, 3.8) is 0 Å². The summed E-state index contributed by atoms with van der Waals surface area (Å²) >= 11 is 0. The van der Waals surface area contributed by atoms with E-state index in [9.17, 15) is 19.8 Å². The van der Waals surface area contributed by atoms with Gasteiger partial charge in [-0.3, -0.25) is 9.59 Å². The van der Waals surface area contributed by atoms with Gasteiger partial charge in [0, 0.05) is 17.4 Å². The van der Waals surface area contributed by atoms with E-state index in [1.165, 1.54) is 0 Å². The van der Waals surface area contributed by atoms with E-state index in [2.05, 4.69) is 34.6 Å². The van der Waals surface area contributed by atoms with Crippen molar-refractivity contribution in [1.29, 1.82) is 0 Å². The summed E-state index contributed by atoms with van der Waals surface area (Å²) in [5.41, 5.74) is -2.38. The van der Waals surface area contributed by atoms with E-state index in [0.29, 0.717) is 37.2 Å².